The van der Waals surface area contributed by atoms with Gasteiger partial charge in [0.15, 0.2) is 0 Å². The summed E-state index contributed by atoms with van der Waals surface area (Å²) in [6.07, 6.45) is 0. The van der Waals surface area contributed by atoms with Crippen molar-refractivity contribution in [2.45, 2.75) is 0 Å². The van der Waals surface area contributed by atoms with Gasteiger partial charge in [-0.2, -0.15) is 0 Å². The van der Waals surface area contributed by atoms with E-state index < -0.39 is 33.5 Å². The second-order valence-corrected chi connectivity index (χ2v) is 5.30. The molecular formula is H7Mo2NO8. The van der Waals surface area contributed by atoms with Crippen LogP contribution in [0, 0.1) is 0 Å². The summed E-state index contributed by atoms with van der Waals surface area (Å²) >= 11 is -11.0. The Hall–Kier alpha value is 0.377. The molecule has 11 heavy (non-hydrogen) atoms. The molecule has 7 N–H and O–H groups in total. The third-order valence-electron chi connectivity index (χ3n) is 0. The van der Waals surface area contributed by atoms with Crippen LogP contribution in [-0.2, 0) is 47.1 Å². The Morgan fingerprint density at radius 2 is 0.636 bits per heavy atom. The van der Waals surface area contributed by atoms with E-state index in [0.29, 0.717) is 0 Å². The first kappa shape index (κ1) is 17.5. The third-order valence-corrected chi connectivity index (χ3v) is 0. The summed E-state index contributed by atoms with van der Waals surface area (Å²) in [5, 5.41) is 0. The first-order valence-electron chi connectivity index (χ1n) is 1.40. The minimum atomic E-state index is -5.52. The van der Waals surface area contributed by atoms with E-state index in [1.165, 1.54) is 0 Å². The van der Waals surface area contributed by atoms with Gasteiger partial charge in [-0.3, -0.25) is 0 Å². The van der Waals surface area contributed by atoms with Crippen LogP contribution in [0.25, 0.3) is 0 Å². The van der Waals surface area contributed by atoms with E-state index in [0.717, 1.165) is 0 Å². The van der Waals surface area contributed by atoms with Crippen molar-refractivity contribution < 1.29 is 62.1 Å². The molecule has 0 aromatic heterocycles. The number of rotatable bonds is 0. The standard InChI is InChI=1S/2Mo.H3N.4H2O.4O/h;;1H3;4*1H2;;;;/q2*+2;;;;;;;;;/p-4. The molecule has 0 aliphatic rings. The molecule has 0 fully saturated rings. The maximum atomic E-state index is 8.85. The molecule has 0 rings (SSSR count). The average molecular weight is 341 g/mol. The quantitative estimate of drug-likeness (QED) is 0.296. The maximum absolute atomic E-state index is 8.85. The molecule has 0 atom stereocenters. The molecule has 0 aromatic carbocycles. The molecule has 9 nitrogen and oxygen atoms in total. The third kappa shape index (κ3) is 5130. The summed E-state index contributed by atoms with van der Waals surface area (Å²) < 4.78 is 64.0. The summed E-state index contributed by atoms with van der Waals surface area (Å²) in [5.74, 6) is 0. The van der Waals surface area contributed by atoms with Crippen molar-refractivity contribution in [1.29, 1.82) is 0 Å². The van der Waals surface area contributed by atoms with Gasteiger partial charge in [0.1, 0.15) is 0 Å². The van der Waals surface area contributed by atoms with Gasteiger partial charge in [0.05, 0.1) is 0 Å². The normalized spacial score (nSPS) is 10.5. The first-order valence-corrected chi connectivity index (χ1v) is 8.26. The van der Waals surface area contributed by atoms with Crippen LogP contribution in [0.4, 0.5) is 0 Å². The summed E-state index contributed by atoms with van der Waals surface area (Å²) in [4.78, 5) is 0. The van der Waals surface area contributed by atoms with Gasteiger partial charge in [-0.15, -0.1) is 0 Å². The molecule has 0 unspecified atom stereocenters. The zero-order valence-electron chi connectivity index (χ0n) is 4.95. The topological polar surface area (TPSA) is 184 Å². The second kappa shape index (κ2) is 5.96. The van der Waals surface area contributed by atoms with Gasteiger partial charge in [0, 0.05) is 0 Å². The molecule has 0 aliphatic carbocycles. The Labute approximate surface area is 68.3 Å². The second-order valence-electron chi connectivity index (χ2n) is 0.896. The van der Waals surface area contributed by atoms with Crippen molar-refractivity contribution in [2.24, 2.45) is 0 Å². The van der Waals surface area contributed by atoms with Crippen molar-refractivity contribution in [1.82, 2.24) is 6.15 Å². The van der Waals surface area contributed by atoms with Gasteiger partial charge in [0.2, 0.25) is 0 Å². The molecular weight excluding hydrogens is 334 g/mol. The van der Waals surface area contributed by atoms with E-state index in [9.17, 15) is 0 Å². The van der Waals surface area contributed by atoms with Crippen molar-refractivity contribution in [2.75, 3.05) is 0 Å². The van der Waals surface area contributed by atoms with Gasteiger partial charge in [-0.1, -0.05) is 0 Å². The first-order chi connectivity index (χ1) is 4.00. The predicted molar refractivity (Wildman–Crippen MR) is 16.6 cm³/mol. The average Bonchev–Trinajstić information content (AvgIpc) is 1.12. The molecule has 0 saturated carbocycles. The van der Waals surface area contributed by atoms with Gasteiger partial charge in [-0.25, -0.2) is 0 Å². The van der Waals surface area contributed by atoms with Crippen molar-refractivity contribution >= 4 is 0 Å². The molecule has 0 aliphatic heterocycles. The van der Waals surface area contributed by atoms with Crippen LogP contribution >= 0.6 is 0 Å². The van der Waals surface area contributed by atoms with Crippen molar-refractivity contribution in [3.63, 3.8) is 0 Å². The molecule has 0 spiro atoms. The molecule has 0 heterocycles. The monoisotopic (exact) mass is 345 g/mol. The fourth-order valence-corrected chi connectivity index (χ4v) is 0. The zero-order chi connectivity index (χ0) is 9.00. The van der Waals surface area contributed by atoms with Gasteiger partial charge in [-0.05, 0) is 0 Å². The van der Waals surface area contributed by atoms with Crippen molar-refractivity contribution in [3.05, 3.63) is 0 Å². The van der Waals surface area contributed by atoms with E-state index in [4.69, 9.17) is 28.6 Å². The van der Waals surface area contributed by atoms with E-state index in [-0.39, 0.29) is 6.15 Å². The van der Waals surface area contributed by atoms with Crippen LogP contribution in [0.2, 0.25) is 0 Å². The molecule has 0 bridgehead atoms. The van der Waals surface area contributed by atoms with Gasteiger partial charge in [0.25, 0.3) is 0 Å². The van der Waals surface area contributed by atoms with Crippen LogP contribution in [0.3, 0.4) is 0 Å². The molecule has 11 heteroatoms. The van der Waals surface area contributed by atoms with Crippen LogP contribution in [0.15, 0.2) is 0 Å². The zero-order valence-corrected chi connectivity index (χ0v) is 8.96. The number of hydrogen-bond acceptors (Lipinski definition) is 5. The summed E-state index contributed by atoms with van der Waals surface area (Å²) in [7, 11) is 0. The summed E-state index contributed by atoms with van der Waals surface area (Å²) in [5.41, 5.74) is 0. The van der Waals surface area contributed by atoms with E-state index in [2.05, 4.69) is 0 Å². The van der Waals surface area contributed by atoms with E-state index >= 15 is 0 Å². The van der Waals surface area contributed by atoms with Crippen LogP contribution in [-0.4, -0.2) is 15.0 Å². The molecule has 0 aromatic rings. The van der Waals surface area contributed by atoms with Gasteiger partial charge >= 0.3 is 62.1 Å². The molecule has 72 valence electrons. The minimum absolute atomic E-state index is 0. The Kier molecular flexibility index (Phi) is 9.45. The molecule has 0 saturated heterocycles. The fraction of sp³-hybridized carbons (Fsp3) is 0. The predicted octanol–water partition coefficient (Wildman–Crippen LogP) is -2.55. The Morgan fingerprint density at radius 3 is 0.636 bits per heavy atom. The Balaban J connectivity index is -0.000000107. The summed E-state index contributed by atoms with van der Waals surface area (Å²) in [6, 6.07) is 0. The fourth-order valence-electron chi connectivity index (χ4n) is 0. The molecule has 0 amide bonds. The summed E-state index contributed by atoms with van der Waals surface area (Å²) in [6.45, 7) is 0. The number of hydrogen-bond donors (Lipinski definition) is 5. The van der Waals surface area contributed by atoms with Crippen LogP contribution in [0.1, 0.15) is 0 Å². The van der Waals surface area contributed by atoms with Crippen molar-refractivity contribution in [3.8, 4) is 0 Å². The van der Waals surface area contributed by atoms with Crippen LogP contribution < -0.4 is 6.15 Å². The SMILES string of the molecule is N.[O]=[Mo](=[O])([OH])[OH].[O]=[Mo](=[O])([OH])[OH]. The van der Waals surface area contributed by atoms with E-state index in [1.807, 2.05) is 0 Å². The Morgan fingerprint density at radius 1 is 0.636 bits per heavy atom. The molecule has 0 radical (unpaired) electrons. The van der Waals surface area contributed by atoms with E-state index in [1.54, 1.807) is 0 Å². The van der Waals surface area contributed by atoms with Gasteiger partial charge < -0.3 is 6.15 Å². The Bertz CT molecular complexity index is 208. The van der Waals surface area contributed by atoms with Crippen LogP contribution in [0.5, 0.6) is 0 Å².